The highest BCUT2D eigenvalue weighted by Gasteiger charge is 2.32. The smallest absolute Gasteiger partial charge is 0.246 e. The third kappa shape index (κ3) is 4.77. The molecule has 1 amide bonds. The highest BCUT2D eigenvalue weighted by Crippen LogP contribution is 2.24. The van der Waals surface area contributed by atoms with Gasteiger partial charge in [-0.25, -0.2) is 8.42 Å². The minimum absolute atomic E-state index is 0.0602. The number of aryl methyl sites for hydroxylation is 1. The molecule has 9 nitrogen and oxygen atoms in total. The summed E-state index contributed by atoms with van der Waals surface area (Å²) in [5.41, 5.74) is 1.74. The summed E-state index contributed by atoms with van der Waals surface area (Å²) in [6.45, 7) is 4.97. The summed E-state index contributed by atoms with van der Waals surface area (Å²) in [7, 11) is -2.09. The first-order valence-electron chi connectivity index (χ1n) is 9.34. The molecular weight excluding hydrogens is 396 g/mol. The van der Waals surface area contributed by atoms with Gasteiger partial charge in [0.25, 0.3) is 0 Å². The van der Waals surface area contributed by atoms with Gasteiger partial charge in [0.2, 0.25) is 15.9 Å². The third-order valence-electron chi connectivity index (χ3n) is 4.80. The van der Waals surface area contributed by atoms with Gasteiger partial charge < -0.3 is 14.8 Å². The van der Waals surface area contributed by atoms with Crippen LogP contribution in [0.4, 0.5) is 0 Å². The zero-order valence-corrected chi connectivity index (χ0v) is 17.7. The van der Waals surface area contributed by atoms with Crippen molar-refractivity contribution in [3.8, 4) is 5.75 Å². The average Bonchev–Trinajstić information content (AvgIpc) is 3.00. The quantitative estimate of drug-likeness (QED) is 0.710. The van der Waals surface area contributed by atoms with Gasteiger partial charge in [-0.1, -0.05) is 12.1 Å². The van der Waals surface area contributed by atoms with Gasteiger partial charge >= 0.3 is 0 Å². The van der Waals surface area contributed by atoms with Crippen molar-refractivity contribution in [3.63, 3.8) is 0 Å². The summed E-state index contributed by atoms with van der Waals surface area (Å²) in [5, 5.41) is 7.12. The number of nitrogens with one attached hydrogen (secondary N) is 1. The van der Waals surface area contributed by atoms with Crippen molar-refractivity contribution in [1.82, 2.24) is 19.4 Å². The van der Waals surface area contributed by atoms with E-state index in [0.29, 0.717) is 50.0 Å². The number of ether oxygens (including phenoxy) is 2. The molecule has 2 aromatic rings. The van der Waals surface area contributed by atoms with Gasteiger partial charge in [0, 0.05) is 19.6 Å². The molecule has 0 bridgehead atoms. The van der Waals surface area contributed by atoms with Gasteiger partial charge in [-0.2, -0.15) is 9.40 Å². The molecule has 1 N–H and O–H groups in total. The lowest BCUT2D eigenvalue weighted by Gasteiger charge is -2.26. The van der Waals surface area contributed by atoms with Gasteiger partial charge in [0.15, 0.2) is 0 Å². The summed E-state index contributed by atoms with van der Waals surface area (Å²) in [5.74, 6) is 0.460. The highest BCUT2D eigenvalue weighted by molar-refractivity contribution is 7.89. The molecule has 1 saturated heterocycles. The van der Waals surface area contributed by atoms with E-state index in [0.717, 1.165) is 5.56 Å². The molecule has 3 rings (SSSR count). The van der Waals surface area contributed by atoms with Gasteiger partial charge in [-0.3, -0.25) is 9.48 Å². The maximum Gasteiger partial charge on any atom is 0.246 e. The number of hydrogen-bond acceptors (Lipinski definition) is 6. The van der Waals surface area contributed by atoms with E-state index in [1.165, 1.54) is 8.99 Å². The van der Waals surface area contributed by atoms with Crippen molar-refractivity contribution in [3.05, 3.63) is 41.2 Å². The average molecular weight is 423 g/mol. The van der Waals surface area contributed by atoms with E-state index in [1.807, 2.05) is 24.3 Å². The van der Waals surface area contributed by atoms with E-state index in [-0.39, 0.29) is 17.3 Å². The fourth-order valence-corrected chi connectivity index (χ4v) is 5.08. The predicted molar refractivity (Wildman–Crippen MR) is 106 cm³/mol. The van der Waals surface area contributed by atoms with Gasteiger partial charge in [-0.15, -0.1) is 0 Å². The Morgan fingerprint density at radius 1 is 1.28 bits per heavy atom. The van der Waals surface area contributed by atoms with Crippen LogP contribution in [0.2, 0.25) is 0 Å². The summed E-state index contributed by atoms with van der Waals surface area (Å²) < 4.78 is 39.3. The molecule has 29 heavy (non-hydrogen) atoms. The Morgan fingerprint density at radius 2 is 2.00 bits per heavy atom. The van der Waals surface area contributed by atoms with Crippen molar-refractivity contribution in [1.29, 1.82) is 0 Å². The Morgan fingerprint density at radius 3 is 2.69 bits per heavy atom. The van der Waals surface area contributed by atoms with E-state index < -0.39 is 10.0 Å². The predicted octanol–water partition coefficient (Wildman–Crippen LogP) is 0.846. The number of hydrogen-bond donors (Lipinski definition) is 1. The first-order chi connectivity index (χ1) is 13.8. The maximum absolute atomic E-state index is 13.0. The van der Waals surface area contributed by atoms with E-state index in [2.05, 4.69) is 10.4 Å². The fourth-order valence-electron chi connectivity index (χ4n) is 3.30. The van der Waals surface area contributed by atoms with Crippen molar-refractivity contribution >= 4 is 15.9 Å². The molecule has 0 spiro atoms. The number of carbonyl (C=O) groups is 1. The molecule has 0 atom stereocenters. The van der Waals surface area contributed by atoms with Crippen LogP contribution < -0.4 is 10.1 Å². The third-order valence-corrected chi connectivity index (χ3v) is 6.95. The molecule has 2 heterocycles. The van der Waals surface area contributed by atoms with Gasteiger partial charge in [-0.05, 0) is 31.5 Å². The molecule has 0 aliphatic carbocycles. The van der Waals surface area contributed by atoms with Crippen LogP contribution in [0.15, 0.2) is 29.2 Å². The first kappa shape index (κ1) is 21.3. The second-order valence-electron chi connectivity index (χ2n) is 6.80. The van der Waals surface area contributed by atoms with E-state index in [1.54, 1.807) is 21.0 Å². The molecule has 1 fully saturated rings. The number of aromatic nitrogens is 2. The summed E-state index contributed by atoms with van der Waals surface area (Å²) in [6.07, 6.45) is 0. The van der Waals surface area contributed by atoms with Crippen LogP contribution in [0.3, 0.4) is 0 Å². The number of morpholine rings is 1. The van der Waals surface area contributed by atoms with E-state index in [4.69, 9.17) is 9.47 Å². The zero-order valence-electron chi connectivity index (χ0n) is 16.8. The minimum Gasteiger partial charge on any atom is -0.497 e. The SMILES string of the molecule is COc1cccc(CNC(=O)Cn2nc(C)c(S(=O)(=O)N3CCOCC3)c2C)c1. The van der Waals surface area contributed by atoms with Crippen LogP contribution >= 0.6 is 0 Å². The van der Waals surface area contributed by atoms with Crippen LogP contribution in [-0.4, -0.2) is 61.8 Å². The maximum atomic E-state index is 13.0. The molecule has 0 saturated carbocycles. The molecule has 1 aliphatic heterocycles. The lowest BCUT2D eigenvalue weighted by Crippen LogP contribution is -2.41. The van der Waals surface area contributed by atoms with Crippen molar-refractivity contribution in [2.75, 3.05) is 33.4 Å². The number of carbonyl (C=O) groups excluding carboxylic acids is 1. The van der Waals surface area contributed by atoms with E-state index in [9.17, 15) is 13.2 Å². The first-order valence-corrected chi connectivity index (χ1v) is 10.8. The monoisotopic (exact) mass is 422 g/mol. The van der Waals surface area contributed by atoms with Crippen LogP contribution in [0.5, 0.6) is 5.75 Å². The number of methoxy groups -OCH3 is 1. The van der Waals surface area contributed by atoms with E-state index >= 15 is 0 Å². The van der Waals surface area contributed by atoms with Crippen LogP contribution in [0.25, 0.3) is 0 Å². The molecule has 1 aromatic heterocycles. The summed E-state index contributed by atoms with van der Waals surface area (Å²) in [6, 6.07) is 7.41. The Balaban J connectivity index is 1.70. The van der Waals surface area contributed by atoms with Crippen LogP contribution in [0.1, 0.15) is 17.0 Å². The minimum atomic E-state index is -3.68. The van der Waals surface area contributed by atoms with Crippen molar-refractivity contribution in [2.24, 2.45) is 0 Å². The van der Waals surface area contributed by atoms with Gasteiger partial charge in [0.05, 0.1) is 31.7 Å². The Bertz CT molecular complexity index is 980. The lowest BCUT2D eigenvalue weighted by molar-refractivity contribution is -0.122. The molecule has 1 aliphatic rings. The Labute approximate surface area is 170 Å². The second-order valence-corrected chi connectivity index (χ2v) is 8.68. The molecule has 0 radical (unpaired) electrons. The number of nitrogens with zero attached hydrogens (tertiary/aromatic N) is 3. The normalized spacial score (nSPS) is 15.3. The van der Waals surface area contributed by atoms with Gasteiger partial charge in [0.1, 0.15) is 17.2 Å². The number of amides is 1. The summed E-state index contributed by atoms with van der Waals surface area (Å²) in [4.78, 5) is 12.6. The highest BCUT2D eigenvalue weighted by atomic mass is 32.2. The Kier molecular flexibility index (Phi) is 6.56. The Hall–Kier alpha value is -2.43. The largest absolute Gasteiger partial charge is 0.497 e. The fraction of sp³-hybridized carbons (Fsp3) is 0.474. The second kappa shape index (κ2) is 8.93. The molecule has 10 heteroatoms. The number of sulfonamides is 1. The molecular formula is C19H26N4O5S. The van der Waals surface area contributed by atoms with Crippen molar-refractivity contribution in [2.45, 2.75) is 31.8 Å². The lowest BCUT2D eigenvalue weighted by atomic mass is 10.2. The molecule has 158 valence electrons. The zero-order chi connectivity index (χ0) is 21.0. The molecule has 0 unspecified atom stereocenters. The summed E-state index contributed by atoms with van der Waals surface area (Å²) >= 11 is 0. The number of rotatable bonds is 7. The number of benzene rings is 1. The topological polar surface area (TPSA) is 103 Å². The molecule has 1 aromatic carbocycles. The van der Waals surface area contributed by atoms with Crippen molar-refractivity contribution < 1.29 is 22.7 Å². The van der Waals surface area contributed by atoms with Crippen LogP contribution in [0, 0.1) is 13.8 Å². The standard InChI is InChI=1S/C19H26N4O5S/c1-14-19(29(25,26)22-7-9-28-10-8-22)15(2)23(21-14)13-18(24)20-12-16-5-4-6-17(11-16)27-3/h4-6,11H,7-10,12-13H2,1-3H3,(H,20,24). The van der Waals surface area contributed by atoms with Crippen LogP contribution in [-0.2, 0) is 32.6 Å².